The summed E-state index contributed by atoms with van der Waals surface area (Å²) in [6.45, 7) is 1.90. The van der Waals surface area contributed by atoms with E-state index in [2.05, 4.69) is 21.1 Å². The second-order valence-corrected chi connectivity index (χ2v) is 4.95. The average Bonchev–Trinajstić information content (AvgIpc) is 2.62. The summed E-state index contributed by atoms with van der Waals surface area (Å²) in [4.78, 5) is 0. The van der Waals surface area contributed by atoms with Gasteiger partial charge in [-0.3, -0.25) is 0 Å². The van der Waals surface area contributed by atoms with Gasteiger partial charge in [0.2, 0.25) is 5.88 Å². The number of nitrogens with two attached hydrogens (primary N) is 1. The Morgan fingerprint density at radius 1 is 1.62 bits per heavy atom. The van der Waals surface area contributed by atoms with Gasteiger partial charge in [0.25, 0.3) is 0 Å². The third kappa shape index (κ3) is 1.49. The molecule has 0 radical (unpaired) electrons. The van der Waals surface area contributed by atoms with Crippen LogP contribution >= 0.6 is 27.3 Å². The first-order valence-corrected chi connectivity index (χ1v) is 5.32. The Morgan fingerprint density at radius 3 is 2.85 bits per heavy atom. The van der Waals surface area contributed by atoms with Crippen molar-refractivity contribution in [2.24, 2.45) is 0 Å². The van der Waals surface area contributed by atoms with Crippen molar-refractivity contribution in [3.8, 4) is 11.3 Å². The lowest BCUT2D eigenvalue weighted by atomic mass is 10.2. The smallest absolute Gasteiger partial charge is 0.225 e. The van der Waals surface area contributed by atoms with E-state index in [0.717, 1.165) is 20.6 Å². The molecule has 3 nitrogen and oxygen atoms in total. The van der Waals surface area contributed by atoms with E-state index in [0.29, 0.717) is 5.88 Å². The summed E-state index contributed by atoms with van der Waals surface area (Å²) >= 11 is 5.00. The number of aromatic nitrogens is 1. The molecule has 0 atom stereocenters. The van der Waals surface area contributed by atoms with Gasteiger partial charge in [-0.1, -0.05) is 5.16 Å². The number of thiophene rings is 1. The van der Waals surface area contributed by atoms with Crippen LogP contribution in [0.2, 0.25) is 0 Å². The van der Waals surface area contributed by atoms with E-state index in [4.69, 9.17) is 10.3 Å². The van der Waals surface area contributed by atoms with Crippen LogP contribution in [0.1, 0.15) is 5.56 Å². The molecule has 0 fully saturated rings. The normalized spacial score (nSPS) is 10.6. The number of anilines is 1. The maximum atomic E-state index is 5.55. The summed E-state index contributed by atoms with van der Waals surface area (Å²) < 4.78 is 5.95. The summed E-state index contributed by atoms with van der Waals surface area (Å²) in [5.74, 6) is 0.386. The highest BCUT2D eigenvalue weighted by molar-refractivity contribution is 9.11. The third-order valence-corrected chi connectivity index (χ3v) is 3.31. The highest BCUT2D eigenvalue weighted by Gasteiger charge is 2.11. The van der Waals surface area contributed by atoms with Crippen LogP contribution in [0, 0.1) is 6.92 Å². The largest absolute Gasteiger partial charge is 0.367 e. The first kappa shape index (κ1) is 8.77. The SMILES string of the molecule is Cc1c(-c2csc(Br)c2)noc1N. The molecule has 0 saturated carbocycles. The zero-order valence-electron chi connectivity index (χ0n) is 6.87. The van der Waals surface area contributed by atoms with Crippen molar-refractivity contribution in [2.45, 2.75) is 6.92 Å². The van der Waals surface area contributed by atoms with Crippen molar-refractivity contribution in [3.05, 3.63) is 20.8 Å². The van der Waals surface area contributed by atoms with Crippen LogP contribution in [-0.2, 0) is 0 Å². The molecule has 2 heterocycles. The molecule has 13 heavy (non-hydrogen) atoms. The topological polar surface area (TPSA) is 52.0 Å². The van der Waals surface area contributed by atoms with E-state index in [1.807, 2.05) is 18.4 Å². The van der Waals surface area contributed by atoms with E-state index in [1.54, 1.807) is 11.3 Å². The van der Waals surface area contributed by atoms with Gasteiger partial charge in [0.1, 0.15) is 5.69 Å². The molecular weight excluding hydrogens is 252 g/mol. The molecule has 2 aromatic rings. The number of halogens is 1. The van der Waals surface area contributed by atoms with Crippen molar-refractivity contribution in [3.63, 3.8) is 0 Å². The lowest BCUT2D eigenvalue weighted by Gasteiger charge is -1.89. The predicted molar refractivity (Wildman–Crippen MR) is 56.7 cm³/mol. The Kier molecular flexibility index (Phi) is 2.13. The minimum atomic E-state index is 0.386. The molecule has 0 saturated heterocycles. The molecule has 0 aliphatic rings. The summed E-state index contributed by atoms with van der Waals surface area (Å²) in [7, 11) is 0. The van der Waals surface area contributed by atoms with Gasteiger partial charge < -0.3 is 10.3 Å². The number of rotatable bonds is 1. The van der Waals surface area contributed by atoms with Crippen molar-refractivity contribution in [2.75, 3.05) is 5.73 Å². The van der Waals surface area contributed by atoms with Crippen LogP contribution in [0.5, 0.6) is 0 Å². The fraction of sp³-hybridized carbons (Fsp3) is 0.125. The number of nitrogens with zero attached hydrogens (tertiary/aromatic N) is 1. The lowest BCUT2D eigenvalue weighted by Crippen LogP contribution is -1.83. The van der Waals surface area contributed by atoms with Gasteiger partial charge in [0.05, 0.1) is 3.79 Å². The molecule has 0 unspecified atom stereocenters. The molecule has 0 spiro atoms. The minimum absolute atomic E-state index is 0.386. The van der Waals surface area contributed by atoms with Crippen LogP contribution in [-0.4, -0.2) is 5.16 Å². The van der Waals surface area contributed by atoms with Gasteiger partial charge in [-0.25, -0.2) is 0 Å². The van der Waals surface area contributed by atoms with Crippen molar-refractivity contribution in [1.29, 1.82) is 0 Å². The van der Waals surface area contributed by atoms with Crippen LogP contribution in [0.15, 0.2) is 19.8 Å². The molecule has 2 rings (SSSR count). The van der Waals surface area contributed by atoms with Gasteiger partial charge >= 0.3 is 0 Å². The van der Waals surface area contributed by atoms with E-state index < -0.39 is 0 Å². The average molecular weight is 259 g/mol. The van der Waals surface area contributed by atoms with Crippen LogP contribution < -0.4 is 5.73 Å². The Morgan fingerprint density at radius 2 is 2.38 bits per heavy atom. The van der Waals surface area contributed by atoms with Crippen molar-refractivity contribution < 1.29 is 4.52 Å². The molecule has 68 valence electrons. The first-order valence-electron chi connectivity index (χ1n) is 3.64. The molecule has 2 aromatic heterocycles. The molecule has 0 aliphatic carbocycles. The summed E-state index contributed by atoms with van der Waals surface area (Å²) in [5, 5.41) is 5.89. The zero-order chi connectivity index (χ0) is 9.42. The molecule has 0 amide bonds. The second-order valence-electron chi connectivity index (χ2n) is 2.66. The monoisotopic (exact) mass is 258 g/mol. The molecule has 0 aliphatic heterocycles. The van der Waals surface area contributed by atoms with Gasteiger partial charge in [-0.15, -0.1) is 11.3 Å². The van der Waals surface area contributed by atoms with Crippen LogP contribution in [0.3, 0.4) is 0 Å². The quantitative estimate of drug-likeness (QED) is 0.856. The van der Waals surface area contributed by atoms with Gasteiger partial charge in [-0.2, -0.15) is 0 Å². The van der Waals surface area contributed by atoms with Crippen LogP contribution in [0.25, 0.3) is 11.3 Å². The highest BCUT2D eigenvalue weighted by atomic mass is 79.9. The van der Waals surface area contributed by atoms with Gasteiger partial charge in [0, 0.05) is 16.5 Å². The van der Waals surface area contributed by atoms with Crippen molar-refractivity contribution >= 4 is 33.2 Å². The minimum Gasteiger partial charge on any atom is -0.367 e. The predicted octanol–water partition coefficient (Wildman–Crippen LogP) is 3.06. The molecule has 5 heteroatoms. The van der Waals surface area contributed by atoms with E-state index in [-0.39, 0.29) is 0 Å². The maximum absolute atomic E-state index is 5.55. The number of hydrogen-bond acceptors (Lipinski definition) is 4. The van der Waals surface area contributed by atoms with E-state index >= 15 is 0 Å². The second kappa shape index (κ2) is 3.16. The third-order valence-electron chi connectivity index (χ3n) is 1.80. The summed E-state index contributed by atoms with van der Waals surface area (Å²) in [6.07, 6.45) is 0. The Labute approximate surface area is 87.7 Å². The molecule has 0 aromatic carbocycles. The molecule has 0 bridgehead atoms. The molecule has 2 N–H and O–H groups in total. The Hall–Kier alpha value is -0.810. The van der Waals surface area contributed by atoms with E-state index in [9.17, 15) is 0 Å². The lowest BCUT2D eigenvalue weighted by molar-refractivity contribution is 0.439. The number of nitrogen functional groups attached to an aromatic ring is 1. The molecular formula is C8H7BrN2OS. The Balaban J connectivity index is 2.52. The zero-order valence-corrected chi connectivity index (χ0v) is 9.28. The first-order chi connectivity index (χ1) is 6.18. The standard InChI is InChI=1S/C8H7BrN2OS/c1-4-7(11-12-8(4)10)5-2-6(9)13-3-5/h2-3H,10H2,1H3. The van der Waals surface area contributed by atoms with Crippen LogP contribution in [0.4, 0.5) is 5.88 Å². The fourth-order valence-corrected chi connectivity index (χ4v) is 2.19. The van der Waals surface area contributed by atoms with E-state index in [1.165, 1.54) is 0 Å². The highest BCUT2D eigenvalue weighted by Crippen LogP contribution is 2.31. The summed E-state index contributed by atoms with van der Waals surface area (Å²) in [6, 6.07) is 2.00. The van der Waals surface area contributed by atoms with Crippen molar-refractivity contribution in [1.82, 2.24) is 5.16 Å². The fourth-order valence-electron chi connectivity index (χ4n) is 1.05. The maximum Gasteiger partial charge on any atom is 0.225 e. The Bertz CT molecular complexity index is 435. The summed E-state index contributed by atoms with van der Waals surface area (Å²) in [5.41, 5.74) is 8.30. The van der Waals surface area contributed by atoms with Gasteiger partial charge in [0.15, 0.2) is 0 Å². The number of hydrogen-bond donors (Lipinski definition) is 1. The van der Waals surface area contributed by atoms with Gasteiger partial charge in [-0.05, 0) is 28.9 Å².